The second kappa shape index (κ2) is 4.92. The molecule has 2 saturated heterocycles. The summed E-state index contributed by atoms with van der Waals surface area (Å²) in [5, 5.41) is 18.6. The van der Waals surface area contributed by atoms with Crippen molar-refractivity contribution in [2.24, 2.45) is 0 Å². The maximum absolute atomic E-state index is 13.3. The maximum Gasteiger partial charge on any atom is 0.140 e. The molecule has 0 radical (unpaired) electrons. The summed E-state index contributed by atoms with van der Waals surface area (Å²) in [5.74, 6) is -0.455. The third-order valence-electron chi connectivity index (χ3n) is 4.38. The molecule has 1 N–H and O–H groups in total. The van der Waals surface area contributed by atoms with Gasteiger partial charge in [-0.15, -0.1) is 0 Å². The Kier molecular flexibility index (Phi) is 3.26. The number of hydrogen-bond acceptors (Lipinski definition) is 3. The minimum atomic E-state index is -0.455. The van der Waals surface area contributed by atoms with Gasteiger partial charge in [-0.25, -0.2) is 4.39 Å². The molecule has 4 heteroatoms. The van der Waals surface area contributed by atoms with Crippen LogP contribution in [-0.2, 0) is 6.54 Å². The molecule has 100 valence electrons. The average molecular weight is 260 g/mol. The van der Waals surface area contributed by atoms with Crippen LogP contribution in [0.15, 0.2) is 18.2 Å². The molecule has 0 aliphatic carbocycles. The zero-order chi connectivity index (χ0) is 13.4. The molecule has 0 spiro atoms. The Morgan fingerprint density at radius 2 is 2.00 bits per heavy atom. The second-order valence-electron chi connectivity index (χ2n) is 5.61. The van der Waals surface area contributed by atoms with Crippen molar-refractivity contribution < 1.29 is 9.50 Å². The molecule has 2 heterocycles. The van der Waals surface area contributed by atoms with E-state index in [2.05, 4.69) is 4.90 Å². The number of rotatable bonds is 2. The van der Waals surface area contributed by atoms with Crippen LogP contribution in [0.25, 0.3) is 0 Å². The summed E-state index contributed by atoms with van der Waals surface area (Å²) < 4.78 is 13.3. The summed E-state index contributed by atoms with van der Waals surface area (Å²) in [6, 6.07) is 7.51. The molecule has 3 rings (SSSR count). The number of fused-ring (bicyclic) bond motifs is 2. The molecule has 1 aromatic carbocycles. The number of nitrogens with zero attached hydrogens (tertiary/aromatic N) is 2. The van der Waals surface area contributed by atoms with Gasteiger partial charge in [-0.3, -0.25) is 4.90 Å². The van der Waals surface area contributed by atoms with Gasteiger partial charge in [-0.2, -0.15) is 5.26 Å². The van der Waals surface area contributed by atoms with E-state index in [0.717, 1.165) is 37.8 Å². The molecule has 1 aromatic rings. The van der Waals surface area contributed by atoms with Gasteiger partial charge >= 0.3 is 0 Å². The smallest absolute Gasteiger partial charge is 0.140 e. The van der Waals surface area contributed by atoms with Crippen molar-refractivity contribution in [2.45, 2.75) is 50.4 Å². The molecule has 2 unspecified atom stereocenters. The maximum atomic E-state index is 13.3. The first-order valence-corrected chi connectivity index (χ1v) is 6.79. The van der Waals surface area contributed by atoms with Crippen molar-refractivity contribution in [2.75, 3.05) is 0 Å². The topological polar surface area (TPSA) is 47.3 Å². The third-order valence-corrected chi connectivity index (χ3v) is 4.38. The molecule has 2 fully saturated rings. The molecule has 3 nitrogen and oxygen atoms in total. The minimum Gasteiger partial charge on any atom is -0.393 e. The van der Waals surface area contributed by atoms with Crippen LogP contribution in [0.3, 0.4) is 0 Å². The predicted octanol–water partition coefficient (Wildman–Crippen LogP) is 2.19. The van der Waals surface area contributed by atoms with Gasteiger partial charge in [0.2, 0.25) is 0 Å². The van der Waals surface area contributed by atoms with Gasteiger partial charge in [0.15, 0.2) is 0 Å². The number of nitriles is 1. The van der Waals surface area contributed by atoms with Gasteiger partial charge in [0.05, 0.1) is 11.7 Å². The van der Waals surface area contributed by atoms with Crippen molar-refractivity contribution in [1.29, 1.82) is 5.26 Å². The lowest BCUT2D eigenvalue weighted by Gasteiger charge is -2.37. The number of halogens is 1. The number of hydrogen-bond donors (Lipinski definition) is 1. The van der Waals surface area contributed by atoms with Gasteiger partial charge in [0.1, 0.15) is 11.9 Å². The van der Waals surface area contributed by atoms with E-state index in [0.29, 0.717) is 12.1 Å². The molecule has 2 aliphatic rings. The fourth-order valence-corrected chi connectivity index (χ4v) is 3.47. The Morgan fingerprint density at radius 1 is 1.32 bits per heavy atom. The number of aliphatic hydroxyl groups is 1. The number of aliphatic hydroxyl groups excluding tert-OH is 1. The summed E-state index contributed by atoms with van der Waals surface area (Å²) >= 11 is 0. The quantitative estimate of drug-likeness (QED) is 0.886. The highest BCUT2D eigenvalue weighted by molar-refractivity contribution is 5.34. The monoisotopic (exact) mass is 260 g/mol. The molecule has 0 aromatic heterocycles. The normalized spacial score (nSPS) is 30.3. The van der Waals surface area contributed by atoms with E-state index >= 15 is 0 Å². The molecule has 2 atom stereocenters. The van der Waals surface area contributed by atoms with E-state index in [1.807, 2.05) is 6.07 Å². The Morgan fingerprint density at radius 3 is 2.63 bits per heavy atom. The van der Waals surface area contributed by atoms with E-state index in [1.54, 1.807) is 12.1 Å². The zero-order valence-electron chi connectivity index (χ0n) is 10.7. The average Bonchev–Trinajstić information content (AvgIpc) is 2.63. The molecule has 0 amide bonds. The lowest BCUT2D eigenvalue weighted by Crippen LogP contribution is -2.44. The van der Waals surface area contributed by atoms with Gasteiger partial charge in [0.25, 0.3) is 0 Å². The highest BCUT2D eigenvalue weighted by atomic mass is 19.1. The highest BCUT2D eigenvalue weighted by Crippen LogP contribution is 2.36. The Labute approximate surface area is 112 Å². The van der Waals surface area contributed by atoms with Crippen molar-refractivity contribution >= 4 is 0 Å². The SMILES string of the molecule is N#Cc1cc(CN2C3CCC2CC(O)C3)ccc1F. The van der Waals surface area contributed by atoms with E-state index in [9.17, 15) is 9.50 Å². The van der Waals surface area contributed by atoms with Crippen molar-refractivity contribution in [3.63, 3.8) is 0 Å². The molecule has 2 bridgehead atoms. The van der Waals surface area contributed by atoms with E-state index < -0.39 is 5.82 Å². The molecule has 0 saturated carbocycles. The first kappa shape index (κ1) is 12.6. The minimum absolute atomic E-state index is 0.113. The van der Waals surface area contributed by atoms with E-state index in [1.165, 1.54) is 6.07 Å². The van der Waals surface area contributed by atoms with Gasteiger partial charge in [0, 0.05) is 18.6 Å². The standard InChI is InChI=1S/C15H17FN2O/c16-15-4-1-10(5-11(15)8-17)9-18-12-2-3-13(18)7-14(19)6-12/h1,4-5,12-14,19H,2-3,6-7,9H2. The Balaban J connectivity index is 1.77. The van der Waals surface area contributed by atoms with Crippen molar-refractivity contribution in [1.82, 2.24) is 4.90 Å². The van der Waals surface area contributed by atoms with Gasteiger partial charge in [-0.05, 0) is 43.4 Å². The second-order valence-corrected chi connectivity index (χ2v) is 5.61. The van der Waals surface area contributed by atoms with E-state index in [4.69, 9.17) is 5.26 Å². The summed E-state index contributed by atoms with van der Waals surface area (Å²) in [4.78, 5) is 2.40. The lowest BCUT2D eigenvalue weighted by atomic mass is 9.99. The van der Waals surface area contributed by atoms with Crippen LogP contribution >= 0.6 is 0 Å². The highest BCUT2D eigenvalue weighted by Gasteiger charge is 2.39. The van der Waals surface area contributed by atoms with Crippen LogP contribution < -0.4 is 0 Å². The number of piperidine rings is 1. The fraction of sp³-hybridized carbons (Fsp3) is 0.533. The Bertz CT molecular complexity index is 511. The largest absolute Gasteiger partial charge is 0.393 e. The first-order chi connectivity index (χ1) is 9.17. The van der Waals surface area contributed by atoms with Crippen LogP contribution in [0.5, 0.6) is 0 Å². The van der Waals surface area contributed by atoms with Crippen LogP contribution in [0.4, 0.5) is 4.39 Å². The summed E-state index contributed by atoms with van der Waals surface area (Å²) in [7, 11) is 0. The van der Waals surface area contributed by atoms with Crippen LogP contribution in [-0.4, -0.2) is 28.2 Å². The van der Waals surface area contributed by atoms with E-state index in [-0.39, 0.29) is 11.7 Å². The zero-order valence-corrected chi connectivity index (χ0v) is 10.7. The summed E-state index contributed by atoms with van der Waals surface area (Å²) in [5.41, 5.74) is 1.09. The molecular weight excluding hydrogens is 243 g/mol. The van der Waals surface area contributed by atoms with Crippen molar-refractivity contribution in [3.8, 4) is 6.07 Å². The van der Waals surface area contributed by atoms with Gasteiger partial charge < -0.3 is 5.11 Å². The Hall–Kier alpha value is -1.44. The molecule has 19 heavy (non-hydrogen) atoms. The summed E-state index contributed by atoms with van der Waals surface area (Å²) in [6.45, 7) is 0.747. The fourth-order valence-electron chi connectivity index (χ4n) is 3.47. The number of benzene rings is 1. The summed E-state index contributed by atoms with van der Waals surface area (Å²) in [6.07, 6.45) is 3.77. The predicted molar refractivity (Wildman–Crippen MR) is 68.7 cm³/mol. The molecular formula is C15H17FN2O. The van der Waals surface area contributed by atoms with Gasteiger partial charge in [-0.1, -0.05) is 6.07 Å². The van der Waals surface area contributed by atoms with Crippen LogP contribution in [0.2, 0.25) is 0 Å². The lowest BCUT2D eigenvalue weighted by molar-refractivity contribution is 0.0310. The van der Waals surface area contributed by atoms with Crippen molar-refractivity contribution in [3.05, 3.63) is 35.1 Å². The molecule has 2 aliphatic heterocycles. The third kappa shape index (κ3) is 2.36. The van der Waals surface area contributed by atoms with Crippen LogP contribution in [0.1, 0.15) is 36.8 Å². The van der Waals surface area contributed by atoms with Crippen LogP contribution in [0, 0.1) is 17.1 Å². The first-order valence-electron chi connectivity index (χ1n) is 6.79.